The molecule has 2 aromatic rings. The summed E-state index contributed by atoms with van der Waals surface area (Å²) in [6, 6.07) is 12.3. The molecule has 0 aliphatic rings. The predicted octanol–water partition coefficient (Wildman–Crippen LogP) is 1.57. The van der Waals surface area contributed by atoms with E-state index in [4.69, 9.17) is 4.74 Å². The van der Waals surface area contributed by atoms with Crippen LogP contribution in [0.4, 0.5) is 0 Å². The molecule has 104 valence electrons. The fraction of sp³-hybridized carbons (Fsp3) is 0.200. The van der Waals surface area contributed by atoms with Gasteiger partial charge in [0, 0.05) is 24.4 Å². The third-order valence-electron chi connectivity index (χ3n) is 2.66. The van der Waals surface area contributed by atoms with E-state index in [0.717, 1.165) is 5.75 Å². The van der Waals surface area contributed by atoms with Crippen LogP contribution in [0.5, 0.6) is 5.75 Å². The number of benzene rings is 1. The summed E-state index contributed by atoms with van der Waals surface area (Å²) in [6.07, 6.45) is 2.15. The molecule has 1 aromatic heterocycles. The lowest BCUT2D eigenvalue weighted by Crippen LogP contribution is -2.26. The molecule has 0 saturated carbocycles. The summed E-state index contributed by atoms with van der Waals surface area (Å²) in [5.74, 6) is 0.559. The topological polar surface area (TPSA) is 71.2 Å². The number of pyridine rings is 1. The Balaban J connectivity index is 1.68. The van der Waals surface area contributed by atoms with Gasteiger partial charge in [0.1, 0.15) is 5.75 Å². The number of aromatic nitrogens is 1. The molecule has 0 aliphatic carbocycles. The zero-order chi connectivity index (χ0) is 14.2. The molecule has 0 saturated heterocycles. The van der Waals surface area contributed by atoms with Crippen molar-refractivity contribution in [1.29, 1.82) is 0 Å². The maximum absolute atomic E-state index is 11.7. The molecular formula is C15H16N2O3. The molecule has 0 atom stereocenters. The van der Waals surface area contributed by atoms with Crippen LogP contribution >= 0.6 is 0 Å². The molecule has 5 nitrogen and oxygen atoms in total. The van der Waals surface area contributed by atoms with Gasteiger partial charge in [-0.05, 0) is 24.6 Å². The van der Waals surface area contributed by atoms with Gasteiger partial charge in [-0.15, -0.1) is 0 Å². The van der Waals surface area contributed by atoms with Gasteiger partial charge in [-0.3, -0.25) is 9.59 Å². The molecule has 0 radical (unpaired) electrons. The minimum absolute atomic E-state index is 0.254. The molecule has 0 fully saturated rings. The Morgan fingerprint density at radius 3 is 2.75 bits per heavy atom. The minimum atomic E-state index is -0.287. The lowest BCUT2D eigenvalue weighted by molar-refractivity contribution is 0.0951. The van der Waals surface area contributed by atoms with Crippen LogP contribution in [0, 0.1) is 0 Å². The molecule has 0 unspecified atom stereocenters. The van der Waals surface area contributed by atoms with Crippen LogP contribution < -0.4 is 15.6 Å². The lowest BCUT2D eigenvalue weighted by atomic mass is 10.2. The lowest BCUT2D eigenvalue weighted by Gasteiger charge is -2.07. The average molecular weight is 272 g/mol. The number of H-pyrrole nitrogens is 1. The van der Waals surface area contributed by atoms with E-state index >= 15 is 0 Å². The summed E-state index contributed by atoms with van der Waals surface area (Å²) in [4.78, 5) is 25.3. The molecule has 2 N–H and O–H groups in total. The summed E-state index contributed by atoms with van der Waals surface area (Å²) < 4.78 is 5.51. The molecule has 0 aliphatic heterocycles. The Hall–Kier alpha value is -2.56. The summed E-state index contributed by atoms with van der Waals surface area (Å²) in [5.41, 5.74) is 0.0720. The van der Waals surface area contributed by atoms with Gasteiger partial charge in [0.2, 0.25) is 5.56 Å². The first kappa shape index (κ1) is 13.9. The van der Waals surface area contributed by atoms with Crippen molar-refractivity contribution in [1.82, 2.24) is 10.3 Å². The summed E-state index contributed by atoms with van der Waals surface area (Å²) in [6.45, 7) is 1.03. The van der Waals surface area contributed by atoms with E-state index in [1.807, 2.05) is 30.3 Å². The monoisotopic (exact) mass is 272 g/mol. The second kappa shape index (κ2) is 7.13. The number of hydrogen-bond donors (Lipinski definition) is 2. The zero-order valence-electron chi connectivity index (χ0n) is 11.0. The molecule has 0 bridgehead atoms. The van der Waals surface area contributed by atoms with Crippen molar-refractivity contribution < 1.29 is 9.53 Å². The molecular weight excluding hydrogens is 256 g/mol. The first-order valence-electron chi connectivity index (χ1n) is 6.40. The second-order valence-corrected chi connectivity index (χ2v) is 4.21. The SMILES string of the molecule is O=C(NCCCOc1ccccc1)c1cc[nH]c(=O)c1. The van der Waals surface area contributed by atoms with Gasteiger partial charge in [0.15, 0.2) is 0 Å². The number of aromatic amines is 1. The van der Waals surface area contributed by atoms with Crippen LogP contribution in [-0.4, -0.2) is 24.0 Å². The summed E-state index contributed by atoms with van der Waals surface area (Å²) >= 11 is 0. The standard InChI is InChI=1S/C15H16N2O3/c18-14-11-12(7-9-16-14)15(19)17-8-4-10-20-13-5-2-1-3-6-13/h1-3,5-7,9,11H,4,8,10H2,(H,16,18)(H,17,19). The van der Waals surface area contributed by atoms with E-state index in [9.17, 15) is 9.59 Å². The zero-order valence-corrected chi connectivity index (χ0v) is 11.0. The Labute approximate surface area is 116 Å². The Morgan fingerprint density at radius 1 is 1.20 bits per heavy atom. The highest BCUT2D eigenvalue weighted by Crippen LogP contribution is 2.08. The Bertz CT molecular complexity index is 608. The van der Waals surface area contributed by atoms with Crippen LogP contribution in [0.25, 0.3) is 0 Å². The maximum Gasteiger partial charge on any atom is 0.251 e. The quantitative estimate of drug-likeness (QED) is 0.784. The maximum atomic E-state index is 11.7. The highest BCUT2D eigenvalue weighted by Gasteiger charge is 2.04. The summed E-state index contributed by atoms with van der Waals surface area (Å²) in [7, 11) is 0. The van der Waals surface area contributed by atoms with Gasteiger partial charge in [-0.2, -0.15) is 0 Å². The number of para-hydroxylation sites is 1. The third-order valence-corrected chi connectivity index (χ3v) is 2.66. The fourth-order valence-electron chi connectivity index (χ4n) is 1.67. The molecule has 1 amide bonds. The van der Waals surface area contributed by atoms with Gasteiger partial charge in [0.05, 0.1) is 6.61 Å². The van der Waals surface area contributed by atoms with Gasteiger partial charge >= 0.3 is 0 Å². The third kappa shape index (κ3) is 4.28. The van der Waals surface area contributed by atoms with Crippen LogP contribution in [-0.2, 0) is 0 Å². The number of rotatable bonds is 6. The van der Waals surface area contributed by atoms with E-state index in [1.165, 1.54) is 12.3 Å². The molecule has 1 heterocycles. The first-order chi connectivity index (χ1) is 9.75. The van der Waals surface area contributed by atoms with Gasteiger partial charge in [-0.25, -0.2) is 0 Å². The van der Waals surface area contributed by atoms with Crippen molar-refractivity contribution in [2.45, 2.75) is 6.42 Å². The van der Waals surface area contributed by atoms with Crippen molar-refractivity contribution in [2.24, 2.45) is 0 Å². The Morgan fingerprint density at radius 2 is 2.00 bits per heavy atom. The van der Waals surface area contributed by atoms with Crippen molar-refractivity contribution >= 4 is 5.91 Å². The van der Waals surface area contributed by atoms with Crippen LogP contribution in [0.3, 0.4) is 0 Å². The predicted molar refractivity (Wildman–Crippen MR) is 75.9 cm³/mol. The van der Waals surface area contributed by atoms with Gasteiger partial charge < -0.3 is 15.0 Å². The first-order valence-corrected chi connectivity index (χ1v) is 6.40. The number of nitrogens with one attached hydrogen (secondary N) is 2. The highest BCUT2D eigenvalue weighted by molar-refractivity contribution is 5.93. The van der Waals surface area contributed by atoms with Crippen molar-refractivity contribution in [3.05, 3.63) is 64.6 Å². The van der Waals surface area contributed by atoms with E-state index in [1.54, 1.807) is 6.07 Å². The summed E-state index contributed by atoms with van der Waals surface area (Å²) in [5, 5.41) is 2.74. The minimum Gasteiger partial charge on any atom is -0.494 e. The van der Waals surface area contributed by atoms with E-state index in [0.29, 0.717) is 25.1 Å². The van der Waals surface area contributed by atoms with E-state index < -0.39 is 0 Å². The molecule has 1 aromatic carbocycles. The van der Waals surface area contributed by atoms with Crippen LogP contribution in [0.15, 0.2) is 53.5 Å². The number of amides is 1. The number of carbonyl (C=O) groups excluding carboxylic acids is 1. The highest BCUT2D eigenvalue weighted by atomic mass is 16.5. The van der Waals surface area contributed by atoms with E-state index in [2.05, 4.69) is 10.3 Å². The van der Waals surface area contributed by atoms with Gasteiger partial charge in [0.25, 0.3) is 5.91 Å². The van der Waals surface area contributed by atoms with Crippen LogP contribution in [0.2, 0.25) is 0 Å². The van der Waals surface area contributed by atoms with E-state index in [-0.39, 0.29) is 11.5 Å². The average Bonchev–Trinajstić information content (AvgIpc) is 2.48. The Kier molecular flexibility index (Phi) is 4.94. The smallest absolute Gasteiger partial charge is 0.251 e. The molecule has 0 spiro atoms. The van der Waals surface area contributed by atoms with Crippen molar-refractivity contribution in [2.75, 3.05) is 13.2 Å². The van der Waals surface area contributed by atoms with Gasteiger partial charge in [-0.1, -0.05) is 18.2 Å². The fourth-order valence-corrected chi connectivity index (χ4v) is 1.67. The molecule has 5 heteroatoms. The normalized spacial score (nSPS) is 10.0. The van der Waals surface area contributed by atoms with Crippen molar-refractivity contribution in [3.8, 4) is 5.75 Å². The number of ether oxygens (including phenoxy) is 1. The largest absolute Gasteiger partial charge is 0.494 e. The number of carbonyl (C=O) groups is 1. The van der Waals surface area contributed by atoms with Crippen molar-refractivity contribution in [3.63, 3.8) is 0 Å². The second-order valence-electron chi connectivity index (χ2n) is 4.21. The van der Waals surface area contributed by atoms with Crippen LogP contribution in [0.1, 0.15) is 16.8 Å². The molecule has 20 heavy (non-hydrogen) atoms. The number of hydrogen-bond acceptors (Lipinski definition) is 3. The molecule has 2 rings (SSSR count).